The summed E-state index contributed by atoms with van der Waals surface area (Å²) in [7, 11) is 3.73. The molecular formula is C20H25NO9. The van der Waals surface area contributed by atoms with Gasteiger partial charge in [0.15, 0.2) is 12.6 Å². The van der Waals surface area contributed by atoms with Crippen molar-refractivity contribution < 1.29 is 43.1 Å². The number of fused-ring (bicyclic) bond motifs is 1. The lowest BCUT2D eigenvalue weighted by Crippen LogP contribution is -2.66. The van der Waals surface area contributed by atoms with Crippen LogP contribution in [0.3, 0.4) is 0 Å². The molecule has 30 heavy (non-hydrogen) atoms. The molecule has 0 aromatic heterocycles. The van der Waals surface area contributed by atoms with Gasteiger partial charge in [-0.25, -0.2) is 9.59 Å². The van der Waals surface area contributed by atoms with Crippen LogP contribution >= 0.6 is 0 Å². The third-order valence-corrected chi connectivity index (χ3v) is 4.86. The van der Waals surface area contributed by atoms with E-state index in [0.29, 0.717) is 0 Å². The molecule has 0 amide bonds. The molecule has 2 fully saturated rings. The molecule has 0 aliphatic carbocycles. The SMILES string of the molecule is COC(=O)/C=C(/N[C@H]1[C@@H](OC)O[C@@H]2COC(c3ccccc3)O[C@H]2[C@@H]1O)C(=O)OC. The lowest BCUT2D eigenvalue weighted by Gasteiger charge is -2.47. The van der Waals surface area contributed by atoms with Gasteiger partial charge in [-0.3, -0.25) is 0 Å². The minimum atomic E-state index is -1.16. The first kappa shape index (κ1) is 22.2. The number of benzene rings is 1. The summed E-state index contributed by atoms with van der Waals surface area (Å²) in [5.41, 5.74) is 0.575. The van der Waals surface area contributed by atoms with Crippen LogP contribution in [0.4, 0.5) is 0 Å². The van der Waals surface area contributed by atoms with Crippen LogP contribution in [0.25, 0.3) is 0 Å². The number of aliphatic hydroxyl groups excluding tert-OH is 1. The predicted octanol–water partition coefficient (Wildman–Crippen LogP) is 0.0209. The van der Waals surface area contributed by atoms with Gasteiger partial charge in [0, 0.05) is 12.7 Å². The highest BCUT2D eigenvalue weighted by Gasteiger charge is 2.50. The summed E-state index contributed by atoms with van der Waals surface area (Å²) >= 11 is 0. The van der Waals surface area contributed by atoms with Crippen LogP contribution in [0.5, 0.6) is 0 Å². The molecule has 10 nitrogen and oxygen atoms in total. The van der Waals surface area contributed by atoms with Crippen molar-refractivity contribution in [2.24, 2.45) is 0 Å². The first-order valence-corrected chi connectivity index (χ1v) is 9.31. The van der Waals surface area contributed by atoms with Gasteiger partial charge in [0.05, 0.1) is 26.9 Å². The van der Waals surface area contributed by atoms with Gasteiger partial charge in [0.1, 0.15) is 30.1 Å². The van der Waals surface area contributed by atoms with E-state index < -0.39 is 48.9 Å². The number of hydrogen-bond donors (Lipinski definition) is 2. The van der Waals surface area contributed by atoms with E-state index in [1.807, 2.05) is 30.3 Å². The largest absolute Gasteiger partial charge is 0.466 e. The molecule has 0 spiro atoms. The maximum Gasteiger partial charge on any atom is 0.354 e. The monoisotopic (exact) mass is 423 g/mol. The van der Waals surface area contributed by atoms with Crippen LogP contribution in [0.15, 0.2) is 42.1 Å². The van der Waals surface area contributed by atoms with Crippen LogP contribution in [0, 0.1) is 0 Å². The molecule has 0 bridgehead atoms. The summed E-state index contributed by atoms with van der Waals surface area (Å²) in [6.07, 6.45) is -3.23. The van der Waals surface area contributed by atoms with Crippen LogP contribution in [-0.4, -0.2) is 75.6 Å². The summed E-state index contributed by atoms with van der Waals surface area (Å²) < 4.78 is 32.1. The van der Waals surface area contributed by atoms with Gasteiger partial charge < -0.3 is 38.8 Å². The number of carbonyl (C=O) groups is 2. The first-order chi connectivity index (χ1) is 14.5. The van der Waals surface area contributed by atoms with E-state index in [2.05, 4.69) is 10.1 Å². The van der Waals surface area contributed by atoms with Gasteiger partial charge in [-0.1, -0.05) is 30.3 Å². The molecule has 10 heteroatoms. The number of hydrogen-bond acceptors (Lipinski definition) is 10. The third kappa shape index (κ3) is 4.79. The van der Waals surface area contributed by atoms with E-state index in [4.69, 9.17) is 23.7 Å². The number of esters is 2. The van der Waals surface area contributed by atoms with Crippen LogP contribution in [-0.2, 0) is 38.0 Å². The van der Waals surface area contributed by atoms with Crippen LogP contribution in [0.2, 0.25) is 0 Å². The summed E-state index contributed by atoms with van der Waals surface area (Å²) in [6, 6.07) is 8.34. The molecule has 2 aliphatic rings. The highest BCUT2D eigenvalue weighted by Crippen LogP contribution is 2.34. The second-order valence-corrected chi connectivity index (χ2v) is 6.69. The fourth-order valence-corrected chi connectivity index (χ4v) is 3.35. The summed E-state index contributed by atoms with van der Waals surface area (Å²) in [4.78, 5) is 23.7. The fourth-order valence-electron chi connectivity index (χ4n) is 3.35. The second-order valence-electron chi connectivity index (χ2n) is 6.69. The number of aliphatic hydroxyl groups is 1. The zero-order valence-electron chi connectivity index (χ0n) is 16.8. The van der Waals surface area contributed by atoms with Crippen molar-refractivity contribution in [3.8, 4) is 0 Å². The van der Waals surface area contributed by atoms with E-state index in [9.17, 15) is 14.7 Å². The Morgan fingerprint density at radius 3 is 2.50 bits per heavy atom. The smallest absolute Gasteiger partial charge is 0.354 e. The Hall–Kier alpha value is -2.50. The van der Waals surface area contributed by atoms with E-state index in [1.165, 1.54) is 21.3 Å². The van der Waals surface area contributed by atoms with Gasteiger partial charge in [-0.05, 0) is 0 Å². The van der Waals surface area contributed by atoms with Gasteiger partial charge in [0.25, 0.3) is 0 Å². The molecule has 6 atom stereocenters. The predicted molar refractivity (Wildman–Crippen MR) is 101 cm³/mol. The fraction of sp³-hybridized carbons (Fsp3) is 0.500. The number of carbonyl (C=O) groups excluding carboxylic acids is 2. The highest BCUT2D eigenvalue weighted by molar-refractivity contribution is 5.95. The van der Waals surface area contributed by atoms with Gasteiger partial charge in [-0.15, -0.1) is 0 Å². The summed E-state index contributed by atoms with van der Waals surface area (Å²) in [5.74, 6) is -1.59. The Morgan fingerprint density at radius 1 is 1.13 bits per heavy atom. The molecule has 0 radical (unpaired) electrons. The van der Waals surface area contributed by atoms with E-state index in [0.717, 1.165) is 11.6 Å². The Bertz CT molecular complexity index is 769. The standard InChI is InChI=1S/C20H25NO9/c1-25-14(22)9-12(18(24)26-2)21-15-16(23)17-13(29-20(15)27-3)10-28-19(30-17)11-7-5-4-6-8-11/h4-9,13,15-17,19-21,23H,10H2,1-3H3/b12-9+/t13-,15-,16-,17-,19?,20+/m1/s1. The average molecular weight is 423 g/mol. The molecule has 1 aromatic rings. The maximum atomic E-state index is 12.1. The average Bonchev–Trinajstić information content (AvgIpc) is 2.79. The molecule has 2 saturated heterocycles. The lowest BCUT2D eigenvalue weighted by atomic mass is 9.95. The normalized spacial score (nSPS) is 31.4. The molecular weight excluding hydrogens is 398 g/mol. The Labute approximate surface area is 173 Å². The number of ether oxygens (including phenoxy) is 6. The van der Waals surface area contributed by atoms with Crippen LogP contribution in [0.1, 0.15) is 11.9 Å². The molecule has 2 heterocycles. The van der Waals surface area contributed by atoms with Crippen molar-refractivity contribution in [2.45, 2.75) is 36.9 Å². The van der Waals surface area contributed by atoms with E-state index in [-0.39, 0.29) is 12.3 Å². The van der Waals surface area contributed by atoms with E-state index >= 15 is 0 Å². The Balaban J connectivity index is 1.81. The maximum absolute atomic E-state index is 12.1. The van der Waals surface area contributed by atoms with Crippen molar-refractivity contribution in [1.29, 1.82) is 0 Å². The third-order valence-electron chi connectivity index (χ3n) is 4.86. The van der Waals surface area contributed by atoms with Gasteiger partial charge >= 0.3 is 11.9 Å². The van der Waals surface area contributed by atoms with Crippen molar-refractivity contribution >= 4 is 11.9 Å². The zero-order chi connectivity index (χ0) is 21.7. The Kier molecular flexibility index (Phi) is 7.40. The molecule has 1 unspecified atom stereocenters. The Morgan fingerprint density at radius 2 is 1.87 bits per heavy atom. The molecule has 2 aliphatic heterocycles. The van der Waals surface area contributed by atoms with Crippen LogP contribution < -0.4 is 5.32 Å². The molecule has 2 N–H and O–H groups in total. The number of nitrogens with one attached hydrogen (secondary N) is 1. The summed E-state index contributed by atoms with van der Waals surface area (Å²) in [5, 5.41) is 13.8. The quantitative estimate of drug-likeness (QED) is 0.478. The van der Waals surface area contributed by atoms with Crippen molar-refractivity contribution in [1.82, 2.24) is 5.32 Å². The minimum absolute atomic E-state index is 0.176. The summed E-state index contributed by atoms with van der Waals surface area (Å²) in [6.45, 7) is 0.176. The van der Waals surface area contributed by atoms with Gasteiger partial charge in [-0.2, -0.15) is 0 Å². The highest BCUT2D eigenvalue weighted by atomic mass is 16.7. The second kappa shape index (κ2) is 10.0. The first-order valence-electron chi connectivity index (χ1n) is 9.31. The van der Waals surface area contributed by atoms with Gasteiger partial charge in [0.2, 0.25) is 0 Å². The van der Waals surface area contributed by atoms with Crippen molar-refractivity contribution in [3.05, 3.63) is 47.7 Å². The van der Waals surface area contributed by atoms with Crippen molar-refractivity contribution in [2.75, 3.05) is 27.9 Å². The minimum Gasteiger partial charge on any atom is -0.466 e. The zero-order valence-corrected chi connectivity index (χ0v) is 16.8. The number of rotatable bonds is 6. The number of methoxy groups -OCH3 is 3. The van der Waals surface area contributed by atoms with Crippen molar-refractivity contribution in [3.63, 3.8) is 0 Å². The molecule has 3 rings (SSSR count). The topological polar surface area (TPSA) is 122 Å². The molecule has 0 saturated carbocycles. The lowest BCUT2D eigenvalue weighted by molar-refractivity contribution is -0.341. The van der Waals surface area contributed by atoms with E-state index in [1.54, 1.807) is 0 Å². The molecule has 164 valence electrons. The molecule has 1 aromatic carbocycles.